The third kappa shape index (κ3) is 3.65. The molecule has 0 aliphatic heterocycles. The van der Waals surface area contributed by atoms with Gasteiger partial charge in [-0.15, -0.1) is 0 Å². The van der Waals surface area contributed by atoms with E-state index in [1.807, 2.05) is 6.08 Å². The first-order valence-corrected chi connectivity index (χ1v) is 10.9. The second kappa shape index (κ2) is 8.07. The van der Waals surface area contributed by atoms with E-state index < -0.39 is 0 Å². The second-order valence-electron chi connectivity index (χ2n) is 8.89. The molecule has 0 spiro atoms. The Labute approximate surface area is 187 Å². The average molecular weight is 406 g/mol. The zero-order valence-electron chi connectivity index (χ0n) is 19.2. The Balaban J connectivity index is 1.90. The highest BCUT2D eigenvalue weighted by molar-refractivity contribution is 5.89. The normalized spacial score (nSPS) is 14.7. The van der Waals surface area contributed by atoms with Gasteiger partial charge in [0.2, 0.25) is 0 Å². The third-order valence-electron chi connectivity index (χ3n) is 6.31. The van der Waals surface area contributed by atoms with Crippen LogP contribution in [-0.2, 0) is 5.41 Å². The molecule has 1 aliphatic rings. The smallest absolute Gasteiger partial charge is 0.0465 e. The van der Waals surface area contributed by atoms with E-state index in [4.69, 9.17) is 0 Å². The number of benzene rings is 3. The summed E-state index contributed by atoms with van der Waals surface area (Å²) in [5.41, 5.74) is 11.1. The predicted molar refractivity (Wildman–Crippen MR) is 136 cm³/mol. The second-order valence-corrected chi connectivity index (χ2v) is 8.89. The van der Waals surface area contributed by atoms with E-state index >= 15 is 0 Å². The first-order valence-electron chi connectivity index (χ1n) is 10.9. The van der Waals surface area contributed by atoms with Crippen molar-refractivity contribution in [1.82, 2.24) is 0 Å². The molecular weight excluding hydrogens is 374 g/mol. The molecule has 0 heterocycles. The van der Waals surface area contributed by atoms with Crippen LogP contribution in [0.5, 0.6) is 0 Å². The molecule has 1 nitrogen and oxygen atoms in total. The molecule has 3 aromatic rings. The summed E-state index contributed by atoms with van der Waals surface area (Å²) in [6.45, 7) is 15.0. The van der Waals surface area contributed by atoms with Crippen LogP contribution in [0.25, 0.3) is 5.57 Å². The number of nitrogens with zero attached hydrogens (tertiary/aromatic N) is 1. The molecule has 0 fully saturated rings. The number of fused-ring (bicyclic) bond motifs is 1. The maximum absolute atomic E-state index is 4.12. The lowest BCUT2D eigenvalue weighted by molar-refractivity contribution is 0.654. The van der Waals surface area contributed by atoms with Crippen LogP contribution in [0.3, 0.4) is 0 Å². The van der Waals surface area contributed by atoms with Crippen molar-refractivity contribution in [3.63, 3.8) is 0 Å². The van der Waals surface area contributed by atoms with Gasteiger partial charge in [-0.05, 0) is 79.4 Å². The molecule has 0 unspecified atom stereocenters. The van der Waals surface area contributed by atoms with Gasteiger partial charge in [-0.3, -0.25) is 0 Å². The number of rotatable bonds is 5. The lowest BCUT2D eigenvalue weighted by Gasteiger charge is -2.28. The molecule has 1 aliphatic carbocycles. The zero-order valence-corrected chi connectivity index (χ0v) is 19.2. The standard InChI is InChI=1S/C30H31N/c1-7-9-26-27-19-18-25(20-29(27)30(5,6)28(26)8-2)31(23-14-10-21(3)11-15-23)24-16-12-22(4)13-17-24/h7-20H,2H2,1,3-6H3/b9-7-. The van der Waals surface area contributed by atoms with Gasteiger partial charge < -0.3 is 4.90 Å². The fourth-order valence-electron chi connectivity index (χ4n) is 4.60. The van der Waals surface area contributed by atoms with E-state index in [1.54, 1.807) is 0 Å². The Bertz CT molecular complexity index is 1130. The number of aryl methyl sites for hydroxylation is 2. The fraction of sp³-hybridized carbons (Fsp3) is 0.200. The van der Waals surface area contributed by atoms with Crippen LogP contribution in [0.1, 0.15) is 43.0 Å². The SMILES string of the molecule is C=CC1=C(/C=C\C)c2ccc(N(c3ccc(C)cc3)c3ccc(C)cc3)cc2C1(C)C. The largest absolute Gasteiger partial charge is 0.310 e. The van der Waals surface area contributed by atoms with E-state index in [9.17, 15) is 0 Å². The molecule has 0 aromatic heterocycles. The van der Waals surface area contributed by atoms with Crippen LogP contribution < -0.4 is 4.90 Å². The van der Waals surface area contributed by atoms with Crippen molar-refractivity contribution < 1.29 is 0 Å². The summed E-state index contributed by atoms with van der Waals surface area (Å²) in [6.07, 6.45) is 6.34. The highest BCUT2D eigenvalue weighted by Crippen LogP contribution is 2.49. The van der Waals surface area contributed by atoms with E-state index in [-0.39, 0.29) is 5.41 Å². The minimum Gasteiger partial charge on any atom is -0.310 e. The Hall–Kier alpha value is -3.32. The lowest BCUT2D eigenvalue weighted by atomic mass is 9.81. The highest BCUT2D eigenvalue weighted by Gasteiger charge is 2.35. The monoisotopic (exact) mass is 405 g/mol. The first kappa shape index (κ1) is 20.9. The molecular formula is C30H31N. The number of allylic oxidation sites excluding steroid dienone is 5. The molecule has 0 bridgehead atoms. The van der Waals surface area contributed by atoms with Crippen molar-refractivity contribution in [2.24, 2.45) is 0 Å². The van der Waals surface area contributed by atoms with Crippen LogP contribution in [0.2, 0.25) is 0 Å². The summed E-state index contributed by atoms with van der Waals surface area (Å²) < 4.78 is 0. The van der Waals surface area contributed by atoms with Gasteiger partial charge in [0.05, 0.1) is 0 Å². The van der Waals surface area contributed by atoms with E-state index in [0.29, 0.717) is 0 Å². The summed E-state index contributed by atoms with van der Waals surface area (Å²) in [6, 6.07) is 24.4. The van der Waals surface area contributed by atoms with Crippen LogP contribution in [0.4, 0.5) is 17.1 Å². The van der Waals surface area contributed by atoms with Crippen molar-refractivity contribution in [2.45, 2.75) is 40.0 Å². The first-order chi connectivity index (χ1) is 14.9. The molecule has 0 atom stereocenters. The van der Waals surface area contributed by atoms with Crippen LogP contribution in [-0.4, -0.2) is 0 Å². The zero-order chi connectivity index (χ0) is 22.2. The fourth-order valence-corrected chi connectivity index (χ4v) is 4.60. The van der Waals surface area contributed by atoms with Crippen molar-refractivity contribution in [1.29, 1.82) is 0 Å². The third-order valence-corrected chi connectivity index (χ3v) is 6.31. The molecule has 0 N–H and O–H groups in total. The predicted octanol–water partition coefficient (Wildman–Crippen LogP) is 8.58. The van der Waals surface area contributed by atoms with E-state index in [2.05, 4.69) is 125 Å². The minimum atomic E-state index is -0.0891. The molecule has 0 amide bonds. The molecule has 31 heavy (non-hydrogen) atoms. The topological polar surface area (TPSA) is 3.24 Å². The maximum atomic E-state index is 4.12. The van der Waals surface area contributed by atoms with Crippen molar-refractivity contribution >= 4 is 22.6 Å². The summed E-state index contributed by atoms with van der Waals surface area (Å²) in [5.74, 6) is 0. The minimum absolute atomic E-state index is 0.0891. The Morgan fingerprint density at radius 3 is 1.77 bits per heavy atom. The van der Waals surface area contributed by atoms with Gasteiger partial charge in [0.1, 0.15) is 0 Å². The van der Waals surface area contributed by atoms with Gasteiger partial charge in [0.25, 0.3) is 0 Å². The molecule has 1 heteroatoms. The molecule has 0 radical (unpaired) electrons. The number of anilines is 3. The Morgan fingerprint density at radius 1 is 0.774 bits per heavy atom. The van der Waals surface area contributed by atoms with Gasteiger partial charge in [-0.25, -0.2) is 0 Å². The Morgan fingerprint density at radius 2 is 1.29 bits per heavy atom. The molecule has 4 rings (SSSR count). The van der Waals surface area contributed by atoms with E-state index in [1.165, 1.54) is 39.1 Å². The summed E-state index contributed by atoms with van der Waals surface area (Å²) in [4.78, 5) is 2.34. The van der Waals surface area contributed by atoms with Crippen molar-refractivity contribution in [3.05, 3.63) is 119 Å². The lowest BCUT2D eigenvalue weighted by Crippen LogP contribution is -2.17. The number of hydrogen-bond donors (Lipinski definition) is 0. The summed E-state index contributed by atoms with van der Waals surface area (Å²) in [7, 11) is 0. The quantitative estimate of drug-likeness (QED) is 0.411. The average Bonchev–Trinajstić information content (AvgIpc) is 2.97. The maximum Gasteiger partial charge on any atom is 0.0465 e. The van der Waals surface area contributed by atoms with Gasteiger partial charge in [-0.1, -0.05) is 80.1 Å². The molecule has 3 aromatic carbocycles. The van der Waals surface area contributed by atoms with Crippen molar-refractivity contribution in [2.75, 3.05) is 4.90 Å². The van der Waals surface area contributed by atoms with Crippen LogP contribution >= 0.6 is 0 Å². The van der Waals surface area contributed by atoms with Gasteiger partial charge in [0, 0.05) is 22.5 Å². The van der Waals surface area contributed by atoms with E-state index in [0.717, 1.165) is 11.4 Å². The number of hydrogen-bond acceptors (Lipinski definition) is 1. The van der Waals surface area contributed by atoms with Gasteiger partial charge >= 0.3 is 0 Å². The highest BCUT2D eigenvalue weighted by atomic mass is 15.1. The van der Waals surface area contributed by atoms with Gasteiger partial charge in [-0.2, -0.15) is 0 Å². The van der Waals surface area contributed by atoms with Gasteiger partial charge in [0.15, 0.2) is 0 Å². The van der Waals surface area contributed by atoms with Crippen LogP contribution in [0.15, 0.2) is 97.1 Å². The Kier molecular flexibility index (Phi) is 5.45. The molecule has 156 valence electrons. The molecule has 0 saturated heterocycles. The molecule has 0 saturated carbocycles. The summed E-state index contributed by atoms with van der Waals surface area (Å²) in [5, 5.41) is 0. The summed E-state index contributed by atoms with van der Waals surface area (Å²) >= 11 is 0. The van der Waals surface area contributed by atoms with Crippen LogP contribution in [0, 0.1) is 13.8 Å². The van der Waals surface area contributed by atoms with Crippen molar-refractivity contribution in [3.8, 4) is 0 Å².